The van der Waals surface area contributed by atoms with Crippen LogP contribution in [0.2, 0.25) is 5.02 Å². The molecule has 0 saturated carbocycles. The molecule has 3 rings (SSSR count). The molecule has 0 amide bonds. The van der Waals surface area contributed by atoms with Crippen LogP contribution in [0.15, 0.2) is 40.9 Å². The molecule has 110 valence electrons. The van der Waals surface area contributed by atoms with Gasteiger partial charge in [0.2, 0.25) is 0 Å². The third kappa shape index (κ3) is 3.65. The van der Waals surface area contributed by atoms with Gasteiger partial charge in [0.15, 0.2) is 0 Å². The molecule has 0 fully saturated rings. The summed E-state index contributed by atoms with van der Waals surface area (Å²) >= 11 is 9.33. The van der Waals surface area contributed by atoms with Crippen LogP contribution in [0.4, 0.5) is 4.39 Å². The number of aryl methyl sites for hydroxylation is 1. The van der Waals surface area contributed by atoms with Crippen molar-refractivity contribution in [3.63, 3.8) is 0 Å². The first-order chi connectivity index (χ1) is 10.1. The highest BCUT2D eigenvalue weighted by molar-refractivity contribution is 9.10. The Morgan fingerprint density at radius 3 is 2.86 bits per heavy atom. The van der Waals surface area contributed by atoms with Crippen LogP contribution >= 0.6 is 27.5 Å². The van der Waals surface area contributed by atoms with Gasteiger partial charge in [-0.1, -0.05) is 39.7 Å². The molecular weight excluding hydrogens is 353 g/mol. The molecule has 1 aliphatic rings. The molecule has 1 atom stereocenters. The number of rotatable bonds is 3. The molecule has 2 aromatic carbocycles. The zero-order valence-corrected chi connectivity index (χ0v) is 13.8. The molecule has 0 aromatic heterocycles. The minimum atomic E-state index is -0.363. The summed E-state index contributed by atoms with van der Waals surface area (Å²) in [5.41, 5.74) is 3.87. The van der Waals surface area contributed by atoms with Crippen LogP contribution in [-0.2, 0) is 19.4 Å². The standard InChI is InChI=1S/C17H16BrClFN/c18-14-4-2-13-9-15(5-3-12(13)8-14)21-10-11-1-6-17(20)16(19)7-11/h1-2,4,6-8,15,21H,3,5,9-10H2. The largest absolute Gasteiger partial charge is 0.310 e. The first-order valence-electron chi connectivity index (χ1n) is 7.06. The fourth-order valence-electron chi connectivity index (χ4n) is 2.81. The quantitative estimate of drug-likeness (QED) is 0.813. The molecule has 4 heteroatoms. The van der Waals surface area contributed by atoms with Crippen molar-refractivity contribution in [1.29, 1.82) is 0 Å². The predicted molar refractivity (Wildman–Crippen MR) is 88.2 cm³/mol. The summed E-state index contributed by atoms with van der Waals surface area (Å²) < 4.78 is 14.3. The summed E-state index contributed by atoms with van der Waals surface area (Å²) in [6, 6.07) is 11.9. The topological polar surface area (TPSA) is 12.0 Å². The van der Waals surface area contributed by atoms with Gasteiger partial charge < -0.3 is 5.32 Å². The first-order valence-corrected chi connectivity index (χ1v) is 8.23. The fourth-order valence-corrected chi connectivity index (χ4v) is 3.42. The Morgan fingerprint density at radius 2 is 2.05 bits per heavy atom. The van der Waals surface area contributed by atoms with Gasteiger partial charge in [0.05, 0.1) is 5.02 Å². The Kier molecular flexibility index (Phi) is 4.63. The molecule has 1 nitrogen and oxygen atoms in total. The monoisotopic (exact) mass is 367 g/mol. The highest BCUT2D eigenvalue weighted by atomic mass is 79.9. The summed E-state index contributed by atoms with van der Waals surface area (Å²) in [6.07, 6.45) is 3.26. The third-order valence-corrected chi connectivity index (χ3v) is 4.76. The fraction of sp³-hybridized carbons (Fsp3) is 0.294. The van der Waals surface area contributed by atoms with Crippen molar-refractivity contribution >= 4 is 27.5 Å². The summed E-state index contributed by atoms with van der Waals surface area (Å²) in [4.78, 5) is 0. The van der Waals surface area contributed by atoms with E-state index in [0.29, 0.717) is 6.04 Å². The van der Waals surface area contributed by atoms with E-state index in [0.717, 1.165) is 35.8 Å². The van der Waals surface area contributed by atoms with Gasteiger partial charge in [0.1, 0.15) is 5.82 Å². The van der Waals surface area contributed by atoms with Crippen LogP contribution in [0, 0.1) is 5.82 Å². The second-order valence-corrected chi connectivity index (χ2v) is 6.80. The molecule has 1 aliphatic carbocycles. The van der Waals surface area contributed by atoms with Gasteiger partial charge in [-0.2, -0.15) is 0 Å². The van der Waals surface area contributed by atoms with E-state index in [1.54, 1.807) is 12.1 Å². The SMILES string of the molecule is Fc1ccc(CNC2CCc3cc(Br)ccc3C2)cc1Cl. The van der Waals surface area contributed by atoms with Crippen molar-refractivity contribution in [2.75, 3.05) is 0 Å². The summed E-state index contributed by atoms with van der Waals surface area (Å²) in [5, 5.41) is 3.74. The van der Waals surface area contributed by atoms with Gasteiger partial charge in [0, 0.05) is 17.1 Å². The molecule has 21 heavy (non-hydrogen) atoms. The number of benzene rings is 2. The Hall–Kier alpha value is -0.900. The van der Waals surface area contributed by atoms with Gasteiger partial charge in [-0.05, 0) is 60.2 Å². The van der Waals surface area contributed by atoms with Gasteiger partial charge in [-0.25, -0.2) is 4.39 Å². The third-order valence-electron chi connectivity index (χ3n) is 3.98. The average molecular weight is 369 g/mol. The van der Waals surface area contributed by atoms with Gasteiger partial charge in [0.25, 0.3) is 0 Å². The van der Waals surface area contributed by atoms with Crippen LogP contribution in [0.3, 0.4) is 0 Å². The van der Waals surface area contributed by atoms with E-state index in [2.05, 4.69) is 39.4 Å². The van der Waals surface area contributed by atoms with Crippen molar-refractivity contribution in [1.82, 2.24) is 5.32 Å². The summed E-state index contributed by atoms with van der Waals surface area (Å²) in [7, 11) is 0. The normalized spacial score (nSPS) is 17.6. The maximum absolute atomic E-state index is 13.1. The van der Waals surface area contributed by atoms with Crippen LogP contribution in [0.25, 0.3) is 0 Å². The number of hydrogen-bond donors (Lipinski definition) is 1. The van der Waals surface area contributed by atoms with Crippen molar-refractivity contribution in [3.05, 3.63) is 68.4 Å². The summed E-state index contributed by atoms with van der Waals surface area (Å²) in [6.45, 7) is 0.719. The molecule has 0 saturated heterocycles. The lowest BCUT2D eigenvalue weighted by Gasteiger charge is -2.26. The zero-order chi connectivity index (χ0) is 14.8. The number of nitrogens with one attached hydrogen (secondary N) is 1. The molecule has 0 aliphatic heterocycles. The summed E-state index contributed by atoms with van der Waals surface area (Å²) in [5.74, 6) is -0.363. The lowest BCUT2D eigenvalue weighted by atomic mass is 9.88. The first kappa shape index (κ1) is 15.0. The molecule has 1 unspecified atom stereocenters. The minimum Gasteiger partial charge on any atom is -0.310 e. The van der Waals surface area contributed by atoms with E-state index >= 15 is 0 Å². The molecule has 0 radical (unpaired) electrons. The molecule has 0 heterocycles. The second-order valence-electron chi connectivity index (χ2n) is 5.48. The highest BCUT2D eigenvalue weighted by Gasteiger charge is 2.18. The predicted octanol–water partition coefficient (Wildman–Crippen LogP) is 4.89. The van der Waals surface area contributed by atoms with E-state index < -0.39 is 0 Å². The van der Waals surface area contributed by atoms with E-state index in [4.69, 9.17) is 11.6 Å². The zero-order valence-electron chi connectivity index (χ0n) is 11.5. The average Bonchev–Trinajstić information content (AvgIpc) is 2.48. The van der Waals surface area contributed by atoms with Gasteiger partial charge >= 0.3 is 0 Å². The Morgan fingerprint density at radius 1 is 1.19 bits per heavy atom. The lowest BCUT2D eigenvalue weighted by molar-refractivity contribution is 0.457. The molecule has 1 N–H and O–H groups in total. The van der Waals surface area contributed by atoms with Gasteiger partial charge in [-0.3, -0.25) is 0 Å². The van der Waals surface area contributed by atoms with Crippen molar-refractivity contribution in [2.45, 2.75) is 31.8 Å². The molecule has 0 spiro atoms. The Labute approximate surface area is 137 Å². The van der Waals surface area contributed by atoms with Crippen LogP contribution in [-0.4, -0.2) is 6.04 Å². The van der Waals surface area contributed by atoms with E-state index in [1.165, 1.54) is 17.2 Å². The number of fused-ring (bicyclic) bond motifs is 1. The maximum atomic E-state index is 13.1. The molecule has 2 aromatic rings. The highest BCUT2D eigenvalue weighted by Crippen LogP contribution is 2.25. The van der Waals surface area contributed by atoms with Gasteiger partial charge in [-0.15, -0.1) is 0 Å². The van der Waals surface area contributed by atoms with Crippen LogP contribution < -0.4 is 5.32 Å². The Bertz CT molecular complexity index is 659. The number of hydrogen-bond acceptors (Lipinski definition) is 1. The van der Waals surface area contributed by atoms with E-state index in [-0.39, 0.29) is 10.8 Å². The smallest absolute Gasteiger partial charge is 0.141 e. The van der Waals surface area contributed by atoms with Crippen molar-refractivity contribution in [3.8, 4) is 0 Å². The second kappa shape index (κ2) is 6.47. The van der Waals surface area contributed by atoms with Crippen molar-refractivity contribution in [2.24, 2.45) is 0 Å². The maximum Gasteiger partial charge on any atom is 0.141 e. The lowest BCUT2D eigenvalue weighted by Crippen LogP contribution is -2.34. The van der Waals surface area contributed by atoms with Crippen LogP contribution in [0.5, 0.6) is 0 Å². The minimum absolute atomic E-state index is 0.188. The van der Waals surface area contributed by atoms with E-state index in [1.807, 2.05) is 0 Å². The molecular formula is C17H16BrClFN. The Balaban J connectivity index is 1.62. The van der Waals surface area contributed by atoms with Crippen molar-refractivity contribution < 1.29 is 4.39 Å². The van der Waals surface area contributed by atoms with Crippen LogP contribution in [0.1, 0.15) is 23.1 Å². The molecule has 0 bridgehead atoms. The number of halogens is 3. The van der Waals surface area contributed by atoms with E-state index in [9.17, 15) is 4.39 Å².